The largest absolute Gasteiger partial charge is 0.421 e. The molecular weight excluding hydrogens is 459 g/mol. The van der Waals surface area contributed by atoms with Gasteiger partial charge in [0, 0.05) is 11.9 Å². The van der Waals surface area contributed by atoms with Crippen LogP contribution >= 0.6 is 19.8 Å². The predicted octanol–water partition coefficient (Wildman–Crippen LogP) is 8.88. The van der Waals surface area contributed by atoms with Crippen LogP contribution in [-0.2, 0) is 18.7 Å². The Morgan fingerprint density at radius 1 is 0.818 bits per heavy atom. The summed E-state index contributed by atoms with van der Waals surface area (Å²) in [6, 6.07) is 0. The van der Waals surface area contributed by atoms with Crippen LogP contribution in [0.15, 0.2) is 0 Å². The second kappa shape index (κ2) is 25.0. The Morgan fingerprint density at radius 3 is 1.94 bits per heavy atom. The number of rotatable bonds is 25. The van der Waals surface area contributed by atoms with Crippen LogP contribution in [0.2, 0.25) is 0 Å². The van der Waals surface area contributed by atoms with Gasteiger partial charge in [0.05, 0.1) is 12.7 Å². The zero-order chi connectivity index (χ0) is 24.6. The minimum absolute atomic E-state index is 0.145. The van der Waals surface area contributed by atoms with E-state index in [4.69, 9.17) is 14.5 Å². The van der Waals surface area contributed by atoms with Gasteiger partial charge in [0.15, 0.2) is 0 Å². The van der Waals surface area contributed by atoms with Crippen LogP contribution in [0.4, 0.5) is 4.79 Å². The third-order valence-corrected chi connectivity index (χ3v) is 8.31. The summed E-state index contributed by atoms with van der Waals surface area (Å²) in [5.41, 5.74) is -1.22. The fourth-order valence-electron chi connectivity index (χ4n) is 3.75. The van der Waals surface area contributed by atoms with Crippen molar-refractivity contribution in [2.45, 2.75) is 135 Å². The molecule has 0 aromatic heterocycles. The molecule has 3 unspecified atom stereocenters. The molecule has 0 aromatic carbocycles. The molecule has 0 radical (unpaired) electrons. The summed E-state index contributed by atoms with van der Waals surface area (Å²) < 4.78 is 22.2. The fraction of sp³-hybridized carbons (Fsp3) is 0.960. The monoisotopic (exact) mass is 510 g/mol. The van der Waals surface area contributed by atoms with Crippen molar-refractivity contribution in [1.82, 2.24) is 0 Å². The summed E-state index contributed by atoms with van der Waals surface area (Å²) in [6.45, 7) is 7.29. The molecule has 6 nitrogen and oxygen atoms in total. The first-order valence-corrected chi connectivity index (χ1v) is 15.7. The summed E-state index contributed by atoms with van der Waals surface area (Å²) in [5, 5.41) is 8.68. The van der Waals surface area contributed by atoms with E-state index in [0.717, 1.165) is 0 Å². The molecule has 0 bridgehead atoms. The van der Waals surface area contributed by atoms with Crippen molar-refractivity contribution in [3.63, 3.8) is 0 Å². The van der Waals surface area contributed by atoms with Gasteiger partial charge in [-0.1, -0.05) is 97.3 Å². The fourth-order valence-corrected chi connectivity index (χ4v) is 5.63. The molecule has 0 amide bonds. The van der Waals surface area contributed by atoms with Crippen molar-refractivity contribution < 1.29 is 28.8 Å². The second-order valence-electron chi connectivity index (χ2n) is 8.88. The molecule has 0 spiro atoms. The number of hydrogen-bond acceptors (Lipinski definition) is 7. The van der Waals surface area contributed by atoms with Crippen LogP contribution in [0, 0.1) is 0 Å². The highest BCUT2D eigenvalue weighted by molar-refractivity contribution is 7.99. The first kappa shape index (κ1) is 32.9. The number of carbonyl (C=O) groups excluding carboxylic acids is 1. The average molecular weight is 511 g/mol. The van der Waals surface area contributed by atoms with E-state index >= 15 is 0 Å². The van der Waals surface area contributed by atoms with Crippen LogP contribution in [0.3, 0.4) is 0 Å². The maximum absolute atomic E-state index is 11.3. The highest BCUT2D eigenvalue weighted by Gasteiger charge is 2.18. The Kier molecular flexibility index (Phi) is 25.0. The Morgan fingerprint density at radius 2 is 1.36 bits per heavy atom. The third-order valence-electron chi connectivity index (χ3n) is 5.85. The van der Waals surface area contributed by atoms with Gasteiger partial charge in [-0.2, -0.15) is 17.0 Å². The number of ether oxygens (including phenoxy) is 1. The van der Waals surface area contributed by atoms with Gasteiger partial charge in [0.25, 0.3) is 0 Å². The van der Waals surface area contributed by atoms with Crippen molar-refractivity contribution in [3.8, 4) is 0 Å². The van der Waals surface area contributed by atoms with E-state index in [1.165, 1.54) is 102 Å². The Bertz CT molecular complexity index is 466. The lowest BCUT2D eigenvalue weighted by Crippen LogP contribution is -2.24. The molecule has 0 fully saturated rings. The lowest BCUT2D eigenvalue weighted by Gasteiger charge is -2.24. The lowest BCUT2D eigenvalue weighted by atomic mass is 10.1. The minimum Gasteiger partial charge on any atom is -0.377 e. The normalized spacial score (nSPS) is 14.2. The Balaban J connectivity index is 4.01. The summed E-state index contributed by atoms with van der Waals surface area (Å²) in [4.78, 5) is 14.3. The SMILES string of the molecule is CCCCCCCCCCCCSC(CCCCCC)C(C)OCCCO[PH](=O)C(=O)OO. The number of carbonyl (C=O) groups is 1. The zero-order valence-electron chi connectivity index (χ0n) is 21.5. The van der Waals surface area contributed by atoms with Crippen LogP contribution < -0.4 is 0 Å². The molecule has 0 heterocycles. The number of unbranched alkanes of at least 4 members (excludes halogenated alkanes) is 12. The minimum atomic E-state index is -3.00. The first-order valence-electron chi connectivity index (χ1n) is 13.3. The van der Waals surface area contributed by atoms with Gasteiger partial charge in [-0.05, 0) is 31.9 Å². The summed E-state index contributed by atoms with van der Waals surface area (Å²) in [6.07, 6.45) is 20.6. The molecule has 0 saturated heterocycles. The molecule has 8 heteroatoms. The molecule has 0 aromatic rings. The van der Waals surface area contributed by atoms with Crippen LogP contribution in [-0.4, -0.2) is 41.3 Å². The lowest BCUT2D eigenvalue weighted by molar-refractivity contribution is -0.168. The average Bonchev–Trinajstić information content (AvgIpc) is 2.82. The Hall–Kier alpha value is -0.0700. The quantitative estimate of drug-likeness (QED) is 0.0568. The van der Waals surface area contributed by atoms with Gasteiger partial charge >= 0.3 is 13.7 Å². The van der Waals surface area contributed by atoms with Crippen molar-refractivity contribution >= 4 is 25.5 Å². The van der Waals surface area contributed by atoms with Crippen molar-refractivity contribution in [1.29, 1.82) is 0 Å². The zero-order valence-corrected chi connectivity index (χ0v) is 23.3. The standard InChI is InChI=1S/C25H51O6PS/c1-4-6-8-10-11-12-13-14-15-17-22-33-24(19-16-9-7-5-2)23(3)29-20-18-21-30-32(28)25(26)31-27/h23-24,27,32H,4-22H2,1-3H3. The molecule has 0 aliphatic rings. The van der Waals surface area contributed by atoms with Gasteiger partial charge in [-0.3, -0.25) is 9.45 Å². The predicted molar refractivity (Wildman–Crippen MR) is 141 cm³/mol. The van der Waals surface area contributed by atoms with E-state index in [-0.39, 0.29) is 12.7 Å². The summed E-state index contributed by atoms with van der Waals surface area (Å²) in [5.74, 6) is 1.19. The third kappa shape index (κ3) is 21.0. The maximum atomic E-state index is 11.3. The molecule has 3 atom stereocenters. The van der Waals surface area contributed by atoms with Crippen molar-refractivity contribution in [2.75, 3.05) is 19.0 Å². The first-order chi connectivity index (χ1) is 16.1. The highest BCUT2D eigenvalue weighted by atomic mass is 32.2. The molecular formula is C25H51O6PS. The van der Waals surface area contributed by atoms with E-state index in [2.05, 4.69) is 37.4 Å². The van der Waals surface area contributed by atoms with Crippen LogP contribution in [0.1, 0.15) is 124 Å². The molecule has 0 aliphatic heterocycles. The van der Waals surface area contributed by atoms with E-state index in [1.54, 1.807) is 0 Å². The highest BCUT2D eigenvalue weighted by Crippen LogP contribution is 2.26. The van der Waals surface area contributed by atoms with Gasteiger partial charge in [-0.25, -0.2) is 4.79 Å². The van der Waals surface area contributed by atoms with Gasteiger partial charge < -0.3 is 9.26 Å². The van der Waals surface area contributed by atoms with Crippen LogP contribution in [0.25, 0.3) is 0 Å². The van der Waals surface area contributed by atoms with E-state index < -0.39 is 13.7 Å². The van der Waals surface area contributed by atoms with Gasteiger partial charge in [0.1, 0.15) is 0 Å². The smallest absolute Gasteiger partial charge is 0.377 e. The van der Waals surface area contributed by atoms with Crippen molar-refractivity contribution in [3.05, 3.63) is 0 Å². The molecule has 33 heavy (non-hydrogen) atoms. The van der Waals surface area contributed by atoms with E-state index in [0.29, 0.717) is 18.3 Å². The van der Waals surface area contributed by atoms with Crippen molar-refractivity contribution in [2.24, 2.45) is 0 Å². The van der Waals surface area contributed by atoms with Crippen LogP contribution in [0.5, 0.6) is 0 Å². The number of hydrogen-bond donors (Lipinski definition) is 1. The molecule has 0 aliphatic carbocycles. The summed E-state index contributed by atoms with van der Waals surface area (Å²) >= 11 is 2.05. The summed E-state index contributed by atoms with van der Waals surface area (Å²) in [7, 11) is -3.00. The molecule has 0 saturated carbocycles. The van der Waals surface area contributed by atoms with E-state index in [9.17, 15) is 9.36 Å². The van der Waals surface area contributed by atoms with E-state index in [1.807, 2.05) is 0 Å². The second-order valence-corrected chi connectivity index (χ2v) is 11.5. The topological polar surface area (TPSA) is 82.1 Å². The molecule has 0 rings (SSSR count). The molecule has 1 N–H and O–H groups in total. The number of thioether (sulfide) groups is 1. The Labute approximate surface area is 208 Å². The molecule has 198 valence electrons. The maximum Gasteiger partial charge on any atom is 0.421 e. The van der Waals surface area contributed by atoms with Gasteiger partial charge in [0.2, 0.25) is 0 Å². The van der Waals surface area contributed by atoms with Gasteiger partial charge in [-0.15, -0.1) is 0 Å².